The third-order valence-electron chi connectivity index (χ3n) is 2.02. The maximum Gasteiger partial charge on any atom is 0.433 e. The number of hydrogen-bond acceptors (Lipinski definition) is 4. The molecule has 0 amide bonds. The van der Waals surface area contributed by atoms with Crippen LogP contribution in [0.3, 0.4) is 0 Å². The third-order valence-corrected chi connectivity index (χ3v) is 2.27. The number of nitrogens with zero attached hydrogens (tertiary/aromatic N) is 1. The topological polar surface area (TPSA) is 65.5 Å². The molecule has 0 aliphatic heterocycles. The van der Waals surface area contributed by atoms with Crippen LogP contribution in [0.2, 0.25) is 5.02 Å². The number of halogens is 1. The Morgan fingerprint density at radius 3 is 2.53 bits per heavy atom. The van der Waals surface area contributed by atoms with Gasteiger partial charge in [0.05, 0.1) is 6.07 Å². The lowest BCUT2D eigenvalue weighted by Gasteiger charge is -2.03. The molecule has 6 heteroatoms. The van der Waals surface area contributed by atoms with Gasteiger partial charge in [0.1, 0.15) is 23.0 Å². The van der Waals surface area contributed by atoms with E-state index in [1.165, 1.54) is 12.1 Å². The lowest BCUT2D eigenvalue weighted by molar-refractivity contribution is -0.402. The quantitative estimate of drug-likeness (QED) is 0.618. The first-order valence-electron chi connectivity index (χ1n) is 4.76. The summed E-state index contributed by atoms with van der Waals surface area (Å²) in [4.78, 5) is 9.79. The number of furan rings is 1. The van der Waals surface area contributed by atoms with E-state index in [1.807, 2.05) is 0 Å². The predicted molar refractivity (Wildman–Crippen MR) is 61.1 cm³/mol. The Morgan fingerprint density at radius 1 is 1.24 bits per heavy atom. The number of nitro groups is 1. The zero-order chi connectivity index (χ0) is 12.3. The standard InChI is InChI=1S/C11H8ClNO4/c12-8-1-3-9(4-2-8)16-7-10-5-6-11(17-10)13(14)15/h1-6H,7H2. The highest BCUT2D eigenvalue weighted by Gasteiger charge is 2.11. The smallest absolute Gasteiger partial charge is 0.433 e. The molecule has 2 rings (SSSR count). The summed E-state index contributed by atoms with van der Waals surface area (Å²) in [5, 5.41) is 11.0. The summed E-state index contributed by atoms with van der Waals surface area (Å²) in [7, 11) is 0. The predicted octanol–water partition coefficient (Wildman–Crippen LogP) is 3.42. The van der Waals surface area contributed by atoms with Crippen molar-refractivity contribution >= 4 is 17.5 Å². The summed E-state index contributed by atoms with van der Waals surface area (Å²) in [5.74, 6) is 0.722. The van der Waals surface area contributed by atoms with Crippen molar-refractivity contribution in [1.29, 1.82) is 0 Å². The minimum Gasteiger partial charge on any atom is -0.486 e. The summed E-state index contributed by atoms with van der Waals surface area (Å²) in [6.07, 6.45) is 0. The van der Waals surface area contributed by atoms with E-state index in [4.69, 9.17) is 20.8 Å². The molecular weight excluding hydrogens is 246 g/mol. The molecule has 0 aliphatic rings. The molecule has 1 heterocycles. The molecule has 1 aromatic carbocycles. The first kappa shape index (κ1) is 11.5. The molecule has 0 bridgehead atoms. The molecular formula is C11H8ClNO4. The Hall–Kier alpha value is -2.01. The molecule has 0 saturated carbocycles. The Kier molecular flexibility index (Phi) is 3.30. The Balaban J connectivity index is 1.97. The Labute approximate surface area is 102 Å². The van der Waals surface area contributed by atoms with Gasteiger partial charge in [0, 0.05) is 5.02 Å². The second kappa shape index (κ2) is 4.88. The SMILES string of the molecule is O=[N+]([O-])c1ccc(COc2ccc(Cl)cc2)o1. The van der Waals surface area contributed by atoms with Crippen LogP contribution in [0.1, 0.15) is 5.76 Å². The summed E-state index contributed by atoms with van der Waals surface area (Å²) in [6, 6.07) is 9.61. The van der Waals surface area contributed by atoms with E-state index < -0.39 is 4.92 Å². The average Bonchev–Trinajstić information content (AvgIpc) is 2.77. The average molecular weight is 254 g/mol. The van der Waals surface area contributed by atoms with Crippen molar-refractivity contribution in [2.45, 2.75) is 6.61 Å². The van der Waals surface area contributed by atoms with Crippen LogP contribution in [-0.4, -0.2) is 4.92 Å². The molecule has 0 unspecified atom stereocenters. The summed E-state index contributed by atoms with van der Waals surface area (Å²) >= 11 is 5.72. The van der Waals surface area contributed by atoms with Crippen LogP contribution in [0.4, 0.5) is 5.88 Å². The van der Waals surface area contributed by atoms with Crippen molar-refractivity contribution in [3.63, 3.8) is 0 Å². The number of rotatable bonds is 4. The van der Waals surface area contributed by atoms with E-state index in [9.17, 15) is 10.1 Å². The van der Waals surface area contributed by atoms with Gasteiger partial charge in [0.2, 0.25) is 0 Å². The van der Waals surface area contributed by atoms with Crippen LogP contribution >= 0.6 is 11.6 Å². The maximum absolute atomic E-state index is 10.4. The van der Waals surface area contributed by atoms with Crippen LogP contribution < -0.4 is 4.74 Å². The van der Waals surface area contributed by atoms with Crippen molar-refractivity contribution in [1.82, 2.24) is 0 Å². The van der Waals surface area contributed by atoms with E-state index in [0.29, 0.717) is 16.5 Å². The van der Waals surface area contributed by atoms with Crippen molar-refractivity contribution < 1.29 is 14.1 Å². The molecule has 1 aromatic heterocycles. The van der Waals surface area contributed by atoms with Crippen LogP contribution in [0.25, 0.3) is 0 Å². The van der Waals surface area contributed by atoms with Crippen LogP contribution in [0.5, 0.6) is 5.75 Å². The van der Waals surface area contributed by atoms with Crippen molar-refractivity contribution in [2.75, 3.05) is 0 Å². The van der Waals surface area contributed by atoms with Gasteiger partial charge in [-0.3, -0.25) is 10.1 Å². The Bertz CT molecular complexity index is 521. The first-order valence-corrected chi connectivity index (χ1v) is 5.14. The normalized spacial score (nSPS) is 10.2. The lowest BCUT2D eigenvalue weighted by Crippen LogP contribution is -1.93. The second-order valence-electron chi connectivity index (χ2n) is 3.24. The van der Waals surface area contributed by atoms with E-state index in [-0.39, 0.29) is 12.5 Å². The fourth-order valence-corrected chi connectivity index (χ4v) is 1.35. The lowest BCUT2D eigenvalue weighted by atomic mass is 10.3. The molecule has 0 spiro atoms. The highest BCUT2D eigenvalue weighted by molar-refractivity contribution is 6.30. The minimum atomic E-state index is -0.591. The monoisotopic (exact) mass is 253 g/mol. The van der Waals surface area contributed by atoms with E-state index >= 15 is 0 Å². The molecule has 0 saturated heterocycles. The molecule has 5 nitrogen and oxygen atoms in total. The second-order valence-corrected chi connectivity index (χ2v) is 3.68. The van der Waals surface area contributed by atoms with Gasteiger partial charge in [-0.05, 0) is 30.3 Å². The third kappa shape index (κ3) is 2.98. The zero-order valence-corrected chi connectivity index (χ0v) is 9.39. The van der Waals surface area contributed by atoms with Gasteiger partial charge < -0.3 is 9.15 Å². The molecule has 2 aromatic rings. The Morgan fingerprint density at radius 2 is 1.94 bits per heavy atom. The van der Waals surface area contributed by atoms with Crippen LogP contribution in [0, 0.1) is 10.1 Å². The van der Waals surface area contributed by atoms with Crippen LogP contribution in [0.15, 0.2) is 40.8 Å². The van der Waals surface area contributed by atoms with Gasteiger partial charge in [-0.15, -0.1) is 0 Å². The van der Waals surface area contributed by atoms with Gasteiger partial charge in [0.25, 0.3) is 0 Å². The van der Waals surface area contributed by atoms with Gasteiger partial charge in [0.15, 0.2) is 0 Å². The van der Waals surface area contributed by atoms with Crippen molar-refractivity contribution in [2.24, 2.45) is 0 Å². The molecule has 0 N–H and O–H groups in total. The molecule has 0 fully saturated rings. The van der Waals surface area contributed by atoms with Gasteiger partial charge >= 0.3 is 5.88 Å². The highest BCUT2D eigenvalue weighted by Crippen LogP contribution is 2.19. The molecule has 0 radical (unpaired) electrons. The molecule has 88 valence electrons. The number of benzene rings is 1. The van der Waals surface area contributed by atoms with Gasteiger partial charge in [-0.1, -0.05) is 11.6 Å². The summed E-state index contributed by atoms with van der Waals surface area (Å²) < 4.78 is 10.3. The van der Waals surface area contributed by atoms with E-state index in [0.717, 1.165) is 0 Å². The number of hydrogen-bond donors (Lipinski definition) is 0. The number of ether oxygens (including phenoxy) is 1. The fraction of sp³-hybridized carbons (Fsp3) is 0.0909. The summed E-state index contributed by atoms with van der Waals surface area (Å²) in [5.41, 5.74) is 0. The summed E-state index contributed by atoms with van der Waals surface area (Å²) in [6.45, 7) is 0.134. The van der Waals surface area contributed by atoms with E-state index in [1.54, 1.807) is 24.3 Å². The fourth-order valence-electron chi connectivity index (χ4n) is 1.23. The molecule has 0 atom stereocenters. The van der Waals surface area contributed by atoms with E-state index in [2.05, 4.69) is 0 Å². The largest absolute Gasteiger partial charge is 0.486 e. The van der Waals surface area contributed by atoms with Crippen LogP contribution in [-0.2, 0) is 6.61 Å². The van der Waals surface area contributed by atoms with Crippen molar-refractivity contribution in [3.05, 3.63) is 57.3 Å². The zero-order valence-electron chi connectivity index (χ0n) is 8.63. The van der Waals surface area contributed by atoms with Gasteiger partial charge in [-0.2, -0.15) is 0 Å². The highest BCUT2D eigenvalue weighted by atomic mass is 35.5. The molecule has 17 heavy (non-hydrogen) atoms. The molecule has 0 aliphatic carbocycles. The maximum atomic E-state index is 10.4. The minimum absolute atomic E-state index is 0.134. The first-order chi connectivity index (χ1) is 8.15. The van der Waals surface area contributed by atoms with Gasteiger partial charge in [-0.25, -0.2) is 0 Å². The van der Waals surface area contributed by atoms with Crippen molar-refractivity contribution in [3.8, 4) is 5.75 Å².